The molecule has 0 fully saturated rings. The fourth-order valence-electron chi connectivity index (χ4n) is 3.00. The first-order valence-corrected chi connectivity index (χ1v) is 8.59. The molecule has 0 bridgehead atoms. The lowest BCUT2D eigenvalue weighted by atomic mass is 9.98. The number of furan rings is 1. The van der Waals surface area contributed by atoms with E-state index in [-0.39, 0.29) is 5.91 Å². The van der Waals surface area contributed by atoms with Gasteiger partial charge < -0.3 is 14.5 Å². The Labute approximate surface area is 157 Å². The van der Waals surface area contributed by atoms with Crippen molar-refractivity contribution in [1.29, 1.82) is 0 Å². The molecule has 1 aromatic heterocycles. The maximum atomic E-state index is 12.4. The molecule has 0 saturated heterocycles. The average molecular weight is 370 g/mol. The van der Waals surface area contributed by atoms with Crippen molar-refractivity contribution in [2.75, 3.05) is 12.4 Å². The van der Waals surface area contributed by atoms with Crippen LogP contribution in [-0.2, 0) is 4.79 Å². The number of nitrogens with one attached hydrogen (secondary N) is 1. The quantitative estimate of drug-likeness (QED) is 0.595. The Kier molecular flexibility index (Phi) is 5.05. The molecule has 5 heteroatoms. The van der Waals surface area contributed by atoms with Crippen molar-refractivity contribution < 1.29 is 13.9 Å². The highest BCUT2D eigenvalue weighted by molar-refractivity contribution is 6.33. The van der Waals surface area contributed by atoms with Crippen LogP contribution in [-0.4, -0.2) is 13.0 Å². The largest absolute Gasteiger partial charge is 0.496 e. The van der Waals surface area contributed by atoms with Crippen molar-refractivity contribution in [3.63, 3.8) is 0 Å². The minimum Gasteiger partial charge on any atom is -0.496 e. The zero-order chi connectivity index (χ0) is 18.8. The molecule has 0 radical (unpaired) electrons. The molecule has 3 rings (SSSR count). The highest BCUT2D eigenvalue weighted by Gasteiger charge is 2.17. The van der Waals surface area contributed by atoms with E-state index in [1.165, 1.54) is 0 Å². The Hall–Kier alpha value is -2.72. The van der Waals surface area contributed by atoms with Gasteiger partial charge in [-0.2, -0.15) is 0 Å². The van der Waals surface area contributed by atoms with E-state index in [1.54, 1.807) is 31.6 Å². The van der Waals surface area contributed by atoms with Gasteiger partial charge in [0.1, 0.15) is 11.3 Å². The fourth-order valence-corrected chi connectivity index (χ4v) is 3.18. The van der Waals surface area contributed by atoms with Crippen molar-refractivity contribution in [3.05, 3.63) is 64.4 Å². The molecule has 26 heavy (non-hydrogen) atoms. The molecule has 0 saturated carbocycles. The SMILES string of the molecule is COc1c(/C(C)=C/C(=O)Nc2ccccc2Cl)cc2c(C)coc2c1C. The van der Waals surface area contributed by atoms with E-state index in [4.69, 9.17) is 20.8 Å². The lowest BCUT2D eigenvalue weighted by molar-refractivity contribution is -0.111. The van der Waals surface area contributed by atoms with Crippen LogP contribution in [0.5, 0.6) is 5.75 Å². The molecule has 0 unspecified atom stereocenters. The number of rotatable bonds is 4. The molecule has 3 aromatic rings. The molecule has 0 aliphatic rings. The maximum absolute atomic E-state index is 12.4. The van der Waals surface area contributed by atoms with Gasteiger partial charge in [-0.15, -0.1) is 0 Å². The molecule has 1 heterocycles. The summed E-state index contributed by atoms with van der Waals surface area (Å²) in [7, 11) is 1.62. The van der Waals surface area contributed by atoms with E-state index in [0.29, 0.717) is 16.5 Å². The summed E-state index contributed by atoms with van der Waals surface area (Å²) in [4.78, 5) is 12.4. The number of benzene rings is 2. The standard InChI is InChI=1S/C21H20ClNO3/c1-12(9-19(24)23-18-8-6-5-7-17(18)22)15-10-16-13(2)11-26-21(16)14(3)20(15)25-4/h5-11H,1-4H3,(H,23,24)/b12-9+. The second kappa shape index (κ2) is 7.26. The van der Waals surface area contributed by atoms with E-state index in [0.717, 1.165) is 33.2 Å². The minimum absolute atomic E-state index is 0.251. The number of aryl methyl sites for hydroxylation is 2. The van der Waals surface area contributed by atoms with E-state index < -0.39 is 0 Å². The summed E-state index contributed by atoms with van der Waals surface area (Å²) in [6.07, 6.45) is 3.27. The third-order valence-corrected chi connectivity index (χ3v) is 4.68. The molecule has 134 valence electrons. The Bertz CT molecular complexity index is 1020. The number of methoxy groups -OCH3 is 1. The van der Waals surface area contributed by atoms with Crippen molar-refractivity contribution in [3.8, 4) is 5.75 Å². The number of anilines is 1. The first-order valence-electron chi connectivity index (χ1n) is 8.22. The van der Waals surface area contributed by atoms with Crippen LogP contribution >= 0.6 is 11.6 Å². The number of para-hydroxylation sites is 1. The monoisotopic (exact) mass is 369 g/mol. The van der Waals surface area contributed by atoms with Crippen LogP contribution in [0, 0.1) is 13.8 Å². The summed E-state index contributed by atoms with van der Waals surface area (Å²) in [5.41, 5.74) is 4.98. The number of ether oxygens (including phenoxy) is 1. The van der Waals surface area contributed by atoms with Crippen LogP contribution in [0.4, 0.5) is 5.69 Å². The summed E-state index contributed by atoms with van der Waals surface area (Å²) in [6, 6.07) is 9.12. The molecule has 1 amide bonds. The van der Waals surface area contributed by atoms with E-state index in [2.05, 4.69) is 5.32 Å². The van der Waals surface area contributed by atoms with E-state index in [1.807, 2.05) is 39.0 Å². The number of carbonyl (C=O) groups excluding carboxylic acids is 1. The highest BCUT2D eigenvalue weighted by atomic mass is 35.5. The number of amides is 1. The maximum Gasteiger partial charge on any atom is 0.248 e. The molecule has 0 atom stereocenters. The second-order valence-electron chi connectivity index (χ2n) is 6.17. The smallest absolute Gasteiger partial charge is 0.248 e. The predicted molar refractivity (Wildman–Crippen MR) is 106 cm³/mol. The lowest BCUT2D eigenvalue weighted by Crippen LogP contribution is -2.09. The van der Waals surface area contributed by atoms with Crippen LogP contribution in [0.3, 0.4) is 0 Å². The molecule has 0 spiro atoms. The Balaban J connectivity index is 1.99. The van der Waals surface area contributed by atoms with Crippen LogP contribution in [0.15, 0.2) is 47.1 Å². The van der Waals surface area contributed by atoms with Crippen LogP contribution < -0.4 is 10.1 Å². The van der Waals surface area contributed by atoms with Crippen LogP contribution in [0.25, 0.3) is 16.5 Å². The number of allylic oxidation sites excluding steroid dienone is 1. The first-order chi connectivity index (χ1) is 12.4. The molecule has 0 aliphatic carbocycles. The average Bonchev–Trinajstić information content (AvgIpc) is 2.98. The number of carbonyl (C=O) groups is 1. The van der Waals surface area contributed by atoms with Crippen LogP contribution in [0.1, 0.15) is 23.6 Å². The topological polar surface area (TPSA) is 51.5 Å². The van der Waals surface area contributed by atoms with Crippen molar-refractivity contribution in [1.82, 2.24) is 0 Å². The molecular weight excluding hydrogens is 350 g/mol. The zero-order valence-electron chi connectivity index (χ0n) is 15.1. The van der Waals surface area contributed by atoms with E-state index >= 15 is 0 Å². The first kappa shape index (κ1) is 18.1. The predicted octanol–water partition coefficient (Wildman–Crippen LogP) is 5.75. The van der Waals surface area contributed by atoms with Gasteiger partial charge in [-0.25, -0.2) is 0 Å². The Morgan fingerprint density at radius 3 is 2.69 bits per heavy atom. The van der Waals surface area contributed by atoms with Crippen molar-refractivity contribution in [2.24, 2.45) is 0 Å². The number of hydrogen-bond donors (Lipinski definition) is 1. The Morgan fingerprint density at radius 1 is 1.27 bits per heavy atom. The van der Waals surface area contributed by atoms with Gasteiger partial charge in [0.05, 0.1) is 24.1 Å². The van der Waals surface area contributed by atoms with E-state index in [9.17, 15) is 4.79 Å². The minimum atomic E-state index is -0.251. The van der Waals surface area contributed by atoms with Gasteiger partial charge in [-0.1, -0.05) is 23.7 Å². The van der Waals surface area contributed by atoms with Gasteiger partial charge in [0.2, 0.25) is 5.91 Å². The van der Waals surface area contributed by atoms with Gasteiger partial charge >= 0.3 is 0 Å². The fraction of sp³-hybridized carbons (Fsp3) is 0.190. The summed E-state index contributed by atoms with van der Waals surface area (Å²) in [5.74, 6) is 0.450. The summed E-state index contributed by atoms with van der Waals surface area (Å²) in [5, 5.41) is 4.31. The normalized spacial score (nSPS) is 11.7. The van der Waals surface area contributed by atoms with Gasteiger partial charge in [0.25, 0.3) is 0 Å². The van der Waals surface area contributed by atoms with Crippen molar-refractivity contribution >= 4 is 39.7 Å². The summed E-state index contributed by atoms with van der Waals surface area (Å²) >= 11 is 6.09. The third-order valence-electron chi connectivity index (χ3n) is 4.35. The summed E-state index contributed by atoms with van der Waals surface area (Å²) < 4.78 is 11.2. The lowest BCUT2D eigenvalue weighted by Gasteiger charge is -2.13. The van der Waals surface area contributed by atoms with Crippen LogP contribution in [0.2, 0.25) is 5.02 Å². The third kappa shape index (κ3) is 3.33. The van der Waals surface area contributed by atoms with Gasteiger partial charge in [-0.05, 0) is 50.1 Å². The summed E-state index contributed by atoms with van der Waals surface area (Å²) in [6.45, 7) is 5.82. The molecule has 0 aliphatic heterocycles. The highest BCUT2D eigenvalue weighted by Crippen LogP contribution is 2.37. The second-order valence-corrected chi connectivity index (χ2v) is 6.58. The van der Waals surface area contributed by atoms with Gasteiger partial charge in [-0.3, -0.25) is 4.79 Å². The van der Waals surface area contributed by atoms with Crippen molar-refractivity contribution in [2.45, 2.75) is 20.8 Å². The number of halogens is 1. The zero-order valence-corrected chi connectivity index (χ0v) is 15.9. The molecular formula is C21H20ClNO3. The number of fused-ring (bicyclic) bond motifs is 1. The number of hydrogen-bond acceptors (Lipinski definition) is 3. The van der Waals surface area contributed by atoms with Gasteiger partial charge in [0.15, 0.2) is 0 Å². The Morgan fingerprint density at radius 2 is 2.00 bits per heavy atom. The van der Waals surface area contributed by atoms with Gasteiger partial charge in [0, 0.05) is 22.6 Å². The molecule has 2 aromatic carbocycles. The molecule has 1 N–H and O–H groups in total. The molecule has 4 nitrogen and oxygen atoms in total.